The predicted molar refractivity (Wildman–Crippen MR) is 150 cm³/mol. The van der Waals surface area contributed by atoms with E-state index in [0.29, 0.717) is 18.2 Å². The van der Waals surface area contributed by atoms with E-state index in [9.17, 15) is 4.79 Å². The maximum Gasteiger partial charge on any atom is 0.270 e. The number of amides is 1. The highest BCUT2D eigenvalue weighted by Crippen LogP contribution is 2.30. The van der Waals surface area contributed by atoms with Crippen LogP contribution < -0.4 is 15.5 Å². The van der Waals surface area contributed by atoms with Crippen molar-refractivity contribution in [3.8, 4) is 0 Å². The second-order valence-electron chi connectivity index (χ2n) is 8.59. The Kier molecular flexibility index (Phi) is 9.06. The number of thiazole rings is 1. The van der Waals surface area contributed by atoms with E-state index in [1.165, 1.54) is 0 Å². The molecule has 2 N–H and O–H groups in total. The Bertz CT molecular complexity index is 1090. The summed E-state index contributed by atoms with van der Waals surface area (Å²) in [4.78, 5) is 21.4. The SMILES string of the molecule is CN(C)c1ccc(NC(=S)N2CCC(c3nc(C(=O)NCCSCc4ccco4)cs3)CC2)cc1. The van der Waals surface area contributed by atoms with E-state index in [0.717, 1.165) is 64.7 Å². The largest absolute Gasteiger partial charge is 0.468 e. The Morgan fingerprint density at radius 3 is 2.71 bits per heavy atom. The minimum absolute atomic E-state index is 0.103. The molecule has 4 rings (SSSR count). The van der Waals surface area contributed by atoms with Crippen LogP contribution in [0.4, 0.5) is 11.4 Å². The first-order chi connectivity index (χ1) is 17.0. The van der Waals surface area contributed by atoms with Crippen molar-refractivity contribution >= 4 is 57.7 Å². The van der Waals surface area contributed by atoms with Crippen LogP contribution in [-0.2, 0) is 5.75 Å². The maximum atomic E-state index is 12.5. The van der Waals surface area contributed by atoms with Crippen molar-refractivity contribution in [3.63, 3.8) is 0 Å². The zero-order valence-corrected chi connectivity index (χ0v) is 22.5. The number of nitrogens with zero attached hydrogens (tertiary/aromatic N) is 3. The topological polar surface area (TPSA) is 73.6 Å². The first-order valence-corrected chi connectivity index (χ1v) is 14.1. The minimum Gasteiger partial charge on any atom is -0.468 e. The fraction of sp³-hybridized carbons (Fsp3) is 0.400. The molecule has 7 nitrogen and oxygen atoms in total. The van der Waals surface area contributed by atoms with Gasteiger partial charge in [-0.25, -0.2) is 4.98 Å². The van der Waals surface area contributed by atoms with Crippen LogP contribution in [0.15, 0.2) is 52.5 Å². The van der Waals surface area contributed by atoms with Gasteiger partial charge in [0.2, 0.25) is 0 Å². The molecule has 1 aliphatic heterocycles. The zero-order valence-electron chi connectivity index (χ0n) is 20.0. The number of rotatable bonds is 9. The summed E-state index contributed by atoms with van der Waals surface area (Å²) >= 11 is 8.96. The number of likely N-dealkylation sites (tertiary alicyclic amines) is 1. The molecule has 0 saturated carbocycles. The van der Waals surface area contributed by atoms with Crippen molar-refractivity contribution in [2.45, 2.75) is 24.5 Å². The van der Waals surface area contributed by atoms with Crippen molar-refractivity contribution in [1.29, 1.82) is 0 Å². The monoisotopic (exact) mass is 529 g/mol. The predicted octanol–water partition coefficient (Wildman–Crippen LogP) is 5.04. The zero-order chi connectivity index (χ0) is 24.6. The van der Waals surface area contributed by atoms with Gasteiger partial charge in [-0.1, -0.05) is 0 Å². The molecule has 2 aromatic heterocycles. The van der Waals surface area contributed by atoms with Crippen LogP contribution in [-0.4, -0.2) is 60.4 Å². The maximum absolute atomic E-state index is 12.5. The van der Waals surface area contributed by atoms with Gasteiger partial charge in [0.1, 0.15) is 11.5 Å². The first kappa shape index (κ1) is 25.5. The van der Waals surface area contributed by atoms with Crippen LogP contribution in [0.25, 0.3) is 0 Å². The molecule has 0 aliphatic carbocycles. The van der Waals surface area contributed by atoms with Crippen molar-refractivity contribution in [2.24, 2.45) is 0 Å². The average Bonchev–Trinajstić information content (AvgIpc) is 3.57. The number of carbonyl (C=O) groups excluding carboxylic acids is 1. The molecule has 0 unspecified atom stereocenters. The number of nitrogens with one attached hydrogen (secondary N) is 2. The molecular weight excluding hydrogens is 499 g/mol. The molecule has 0 spiro atoms. The van der Waals surface area contributed by atoms with Gasteiger partial charge in [-0.3, -0.25) is 4.79 Å². The van der Waals surface area contributed by atoms with E-state index < -0.39 is 0 Å². The Morgan fingerprint density at radius 2 is 2.03 bits per heavy atom. The summed E-state index contributed by atoms with van der Waals surface area (Å²) in [6, 6.07) is 12.1. The van der Waals surface area contributed by atoms with E-state index in [4.69, 9.17) is 16.6 Å². The standard InChI is InChI=1S/C25H31N5O2S3/c1-29(2)20-7-5-19(6-8-20)27-25(33)30-12-9-18(10-13-30)24-28-22(17-35-24)23(31)26-11-15-34-16-21-4-3-14-32-21/h3-8,14,17-18H,9-13,15-16H2,1-2H3,(H,26,31)(H,27,33). The minimum atomic E-state index is -0.103. The lowest BCUT2D eigenvalue weighted by Gasteiger charge is -2.33. The number of hydrogen-bond acceptors (Lipinski definition) is 7. The number of hydrogen-bond donors (Lipinski definition) is 2. The number of benzene rings is 1. The van der Waals surface area contributed by atoms with Crippen molar-refractivity contribution in [3.05, 3.63) is 64.5 Å². The Labute approximate surface area is 220 Å². The molecule has 1 aromatic carbocycles. The average molecular weight is 530 g/mol. The molecule has 1 amide bonds. The Hall–Kier alpha value is -2.56. The molecule has 1 fully saturated rings. The molecule has 3 heterocycles. The molecule has 0 radical (unpaired) electrons. The lowest BCUT2D eigenvalue weighted by atomic mass is 9.98. The van der Waals surface area contributed by atoms with Gasteiger partial charge < -0.3 is 24.9 Å². The molecule has 1 saturated heterocycles. The number of carbonyl (C=O) groups is 1. The van der Waals surface area contributed by atoms with E-state index in [2.05, 4.69) is 37.6 Å². The van der Waals surface area contributed by atoms with Crippen LogP contribution in [0.5, 0.6) is 0 Å². The fourth-order valence-corrected chi connectivity index (χ4v) is 5.88. The Morgan fingerprint density at radius 1 is 1.26 bits per heavy atom. The molecule has 186 valence electrons. The van der Waals surface area contributed by atoms with Gasteiger partial charge in [0.25, 0.3) is 5.91 Å². The number of thioether (sulfide) groups is 1. The molecule has 0 atom stereocenters. The van der Waals surface area contributed by atoms with Crippen LogP contribution in [0.2, 0.25) is 0 Å². The quantitative estimate of drug-likeness (QED) is 0.295. The van der Waals surface area contributed by atoms with Gasteiger partial charge in [-0.2, -0.15) is 11.8 Å². The van der Waals surface area contributed by atoms with E-state index in [1.54, 1.807) is 29.4 Å². The number of furan rings is 1. The normalized spacial score (nSPS) is 14.1. The first-order valence-electron chi connectivity index (χ1n) is 11.7. The number of aromatic nitrogens is 1. The highest BCUT2D eigenvalue weighted by Gasteiger charge is 2.25. The van der Waals surface area contributed by atoms with Crippen LogP contribution in [0, 0.1) is 0 Å². The Balaban J connectivity index is 1.18. The highest BCUT2D eigenvalue weighted by atomic mass is 32.2. The third kappa shape index (κ3) is 7.22. The summed E-state index contributed by atoms with van der Waals surface area (Å²) in [5.41, 5.74) is 2.67. The lowest BCUT2D eigenvalue weighted by molar-refractivity contribution is 0.0951. The lowest BCUT2D eigenvalue weighted by Crippen LogP contribution is -2.40. The smallest absolute Gasteiger partial charge is 0.270 e. The van der Waals surface area contributed by atoms with Crippen molar-refractivity contribution in [2.75, 3.05) is 49.7 Å². The number of thiocarbonyl (C=S) groups is 1. The number of piperidine rings is 1. The van der Waals surface area contributed by atoms with Crippen LogP contribution in [0.1, 0.15) is 40.0 Å². The van der Waals surface area contributed by atoms with Gasteiger partial charge in [0.05, 0.1) is 17.0 Å². The van der Waals surface area contributed by atoms with Crippen molar-refractivity contribution in [1.82, 2.24) is 15.2 Å². The van der Waals surface area contributed by atoms with Gasteiger partial charge in [0, 0.05) is 62.2 Å². The summed E-state index contributed by atoms with van der Waals surface area (Å²) in [6.07, 6.45) is 3.62. The van der Waals surface area contributed by atoms with Gasteiger partial charge in [-0.15, -0.1) is 11.3 Å². The molecular formula is C25H31N5O2S3. The molecule has 10 heteroatoms. The number of anilines is 2. The van der Waals surface area contributed by atoms with Gasteiger partial charge in [-0.05, 0) is 61.5 Å². The summed E-state index contributed by atoms with van der Waals surface area (Å²) < 4.78 is 5.32. The molecule has 1 aliphatic rings. The third-order valence-corrected chi connectivity index (χ3v) is 8.23. The summed E-state index contributed by atoms with van der Waals surface area (Å²) in [6.45, 7) is 2.36. The van der Waals surface area contributed by atoms with Gasteiger partial charge in [0.15, 0.2) is 5.11 Å². The second-order valence-corrected chi connectivity index (χ2v) is 11.0. The van der Waals surface area contributed by atoms with E-state index in [1.807, 2.05) is 43.7 Å². The van der Waals surface area contributed by atoms with Crippen LogP contribution in [0.3, 0.4) is 0 Å². The summed E-state index contributed by atoms with van der Waals surface area (Å²) in [7, 11) is 4.05. The molecule has 3 aromatic rings. The fourth-order valence-electron chi connectivity index (χ4n) is 3.85. The summed E-state index contributed by atoms with van der Waals surface area (Å²) in [5.74, 6) is 2.85. The molecule has 0 bridgehead atoms. The van der Waals surface area contributed by atoms with Crippen molar-refractivity contribution < 1.29 is 9.21 Å². The van der Waals surface area contributed by atoms with E-state index >= 15 is 0 Å². The molecule has 35 heavy (non-hydrogen) atoms. The summed E-state index contributed by atoms with van der Waals surface area (Å²) in [5, 5.41) is 9.99. The third-order valence-electron chi connectivity index (χ3n) is 5.88. The van der Waals surface area contributed by atoms with Gasteiger partial charge >= 0.3 is 0 Å². The van der Waals surface area contributed by atoms with E-state index in [-0.39, 0.29) is 5.91 Å². The second kappa shape index (κ2) is 12.4. The van der Waals surface area contributed by atoms with Crippen LogP contribution >= 0.6 is 35.3 Å². The highest BCUT2D eigenvalue weighted by molar-refractivity contribution is 7.98.